The lowest BCUT2D eigenvalue weighted by molar-refractivity contribution is -0.119. The summed E-state index contributed by atoms with van der Waals surface area (Å²) in [6.45, 7) is 1.07. The highest BCUT2D eigenvalue weighted by Crippen LogP contribution is 2.24. The minimum Gasteiger partial charge on any atom is -0.375 e. The van der Waals surface area contributed by atoms with Crippen LogP contribution >= 0.6 is 11.8 Å². The van der Waals surface area contributed by atoms with Gasteiger partial charge in [0, 0.05) is 51.1 Å². The lowest BCUT2D eigenvalue weighted by Gasteiger charge is -2.12. The molecule has 0 aliphatic rings. The first-order valence-corrected chi connectivity index (χ1v) is 12.2. The van der Waals surface area contributed by atoms with Crippen molar-refractivity contribution in [1.29, 1.82) is 0 Å². The predicted molar refractivity (Wildman–Crippen MR) is 137 cm³/mol. The number of hydrogen-bond acceptors (Lipinski definition) is 6. The molecule has 0 aliphatic heterocycles. The zero-order chi connectivity index (χ0) is 24.6. The Bertz CT molecular complexity index is 1300. The molecule has 0 radical (unpaired) electrons. The number of aromatic nitrogens is 4. The van der Waals surface area contributed by atoms with Gasteiger partial charge in [-0.3, -0.25) is 9.59 Å². The van der Waals surface area contributed by atoms with Crippen molar-refractivity contribution in [2.75, 3.05) is 31.3 Å². The second kappa shape index (κ2) is 11.7. The number of aryl methyl sites for hydroxylation is 3. The summed E-state index contributed by atoms with van der Waals surface area (Å²) in [6, 6.07) is 13.6. The molecular formula is C25H28N6O3S. The van der Waals surface area contributed by atoms with Gasteiger partial charge in [0.25, 0.3) is 5.91 Å². The Labute approximate surface area is 207 Å². The molecule has 182 valence electrons. The molecule has 2 N–H and O–H groups in total. The third kappa shape index (κ3) is 6.28. The summed E-state index contributed by atoms with van der Waals surface area (Å²) in [6.07, 6.45) is 6.18. The molecule has 0 atom stereocenters. The molecule has 2 heterocycles. The first-order chi connectivity index (χ1) is 17.0. The maximum Gasteiger partial charge on any atom is 0.253 e. The number of nitrogens with one attached hydrogen (secondary N) is 2. The number of carbonyl (C=O) groups is 2. The summed E-state index contributed by atoms with van der Waals surface area (Å²) in [4.78, 5) is 34.1. The molecule has 4 rings (SSSR count). The van der Waals surface area contributed by atoms with Gasteiger partial charge in [0.1, 0.15) is 6.61 Å². The van der Waals surface area contributed by atoms with Gasteiger partial charge in [0.15, 0.2) is 5.16 Å². The molecule has 0 saturated heterocycles. The standard InChI is InChI=1S/C25H28N6O3S/c1-30-12-9-27-25(30)35-13-10-26-24(33)20-14-19(29-22(32)16-34-2)15-21-23(20)31(17-28-21)11-8-18-6-4-3-5-7-18/h3-7,9,12,14-15,17H,8,10-11,13,16H2,1-2H3,(H,26,33)(H,29,32). The molecule has 2 aromatic carbocycles. The van der Waals surface area contributed by atoms with Crippen molar-refractivity contribution in [2.24, 2.45) is 7.05 Å². The van der Waals surface area contributed by atoms with E-state index in [0.29, 0.717) is 35.6 Å². The van der Waals surface area contributed by atoms with E-state index in [2.05, 4.69) is 32.7 Å². The Kier molecular flexibility index (Phi) is 8.17. The number of ether oxygens (including phenoxy) is 1. The van der Waals surface area contributed by atoms with Crippen molar-refractivity contribution in [2.45, 2.75) is 18.1 Å². The number of carbonyl (C=O) groups excluding carboxylic acids is 2. The third-order valence-electron chi connectivity index (χ3n) is 5.40. The number of amides is 2. The van der Waals surface area contributed by atoms with E-state index < -0.39 is 0 Å². The number of fused-ring (bicyclic) bond motifs is 1. The van der Waals surface area contributed by atoms with E-state index in [1.54, 1.807) is 36.4 Å². The third-order valence-corrected chi connectivity index (χ3v) is 6.46. The minimum atomic E-state index is -0.298. The Hall–Kier alpha value is -3.63. The number of benzene rings is 2. The van der Waals surface area contributed by atoms with Crippen molar-refractivity contribution in [3.05, 3.63) is 72.3 Å². The normalized spacial score (nSPS) is 11.0. The number of anilines is 1. The molecule has 4 aromatic rings. The van der Waals surface area contributed by atoms with Crippen molar-refractivity contribution in [3.63, 3.8) is 0 Å². The number of nitrogens with zero attached hydrogens (tertiary/aromatic N) is 4. The largest absolute Gasteiger partial charge is 0.375 e. The molecule has 0 aliphatic carbocycles. The lowest BCUT2D eigenvalue weighted by Crippen LogP contribution is -2.27. The van der Waals surface area contributed by atoms with Gasteiger partial charge >= 0.3 is 0 Å². The van der Waals surface area contributed by atoms with E-state index in [0.717, 1.165) is 17.1 Å². The van der Waals surface area contributed by atoms with E-state index in [1.165, 1.54) is 12.7 Å². The first-order valence-electron chi connectivity index (χ1n) is 11.2. The molecule has 0 unspecified atom stereocenters. The Morgan fingerprint density at radius 3 is 2.71 bits per heavy atom. The van der Waals surface area contributed by atoms with E-state index in [-0.39, 0.29) is 18.4 Å². The summed E-state index contributed by atoms with van der Waals surface area (Å²) >= 11 is 1.57. The molecular weight excluding hydrogens is 464 g/mol. The van der Waals surface area contributed by atoms with Crippen molar-refractivity contribution in [3.8, 4) is 0 Å². The fourth-order valence-electron chi connectivity index (χ4n) is 3.74. The molecule has 10 heteroatoms. The van der Waals surface area contributed by atoms with Crippen LogP contribution in [0.25, 0.3) is 11.0 Å². The summed E-state index contributed by atoms with van der Waals surface area (Å²) in [5.74, 6) is 0.157. The predicted octanol–water partition coefficient (Wildman–Crippen LogP) is 3.12. The molecule has 0 bridgehead atoms. The van der Waals surface area contributed by atoms with Crippen LogP contribution in [0.5, 0.6) is 0 Å². The highest BCUT2D eigenvalue weighted by Gasteiger charge is 2.17. The zero-order valence-corrected chi connectivity index (χ0v) is 20.5. The summed E-state index contributed by atoms with van der Waals surface area (Å²) in [5, 5.41) is 6.67. The number of rotatable bonds is 11. The number of methoxy groups -OCH3 is 1. The lowest BCUT2D eigenvalue weighted by atomic mass is 10.1. The molecule has 0 fully saturated rings. The second-order valence-corrected chi connectivity index (χ2v) is 9.03. The van der Waals surface area contributed by atoms with Gasteiger partial charge in [-0.05, 0) is 24.1 Å². The average molecular weight is 493 g/mol. The van der Waals surface area contributed by atoms with E-state index in [9.17, 15) is 9.59 Å². The van der Waals surface area contributed by atoms with Crippen LogP contribution in [0.4, 0.5) is 5.69 Å². The quantitative estimate of drug-likeness (QED) is 0.246. The monoisotopic (exact) mass is 492 g/mol. The maximum absolute atomic E-state index is 13.3. The average Bonchev–Trinajstić information content (AvgIpc) is 3.46. The van der Waals surface area contributed by atoms with Crippen LogP contribution in [0.15, 0.2) is 66.3 Å². The summed E-state index contributed by atoms with van der Waals surface area (Å²) in [7, 11) is 3.39. The van der Waals surface area contributed by atoms with Crippen LogP contribution in [-0.2, 0) is 29.5 Å². The molecule has 9 nitrogen and oxygen atoms in total. The van der Waals surface area contributed by atoms with E-state index >= 15 is 0 Å². The van der Waals surface area contributed by atoms with Crippen molar-refractivity contribution < 1.29 is 14.3 Å². The fourth-order valence-corrected chi connectivity index (χ4v) is 4.53. The van der Waals surface area contributed by atoms with Crippen molar-refractivity contribution in [1.82, 2.24) is 24.4 Å². The minimum absolute atomic E-state index is 0.0739. The Morgan fingerprint density at radius 1 is 1.14 bits per heavy atom. The van der Waals surface area contributed by atoms with E-state index in [1.807, 2.05) is 40.6 Å². The zero-order valence-electron chi connectivity index (χ0n) is 19.7. The highest BCUT2D eigenvalue weighted by atomic mass is 32.2. The van der Waals surface area contributed by atoms with Gasteiger partial charge in [0.2, 0.25) is 5.91 Å². The van der Waals surface area contributed by atoms with Crippen LogP contribution in [0, 0.1) is 0 Å². The SMILES string of the molecule is COCC(=O)Nc1cc(C(=O)NCCSc2nccn2C)c2c(c1)ncn2CCc1ccccc1. The van der Waals surface area contributed by atoms with Crippen LogP contribution < -0.4 is 10.6 Å². The van der Waals surface area contributed by atoms with Gasteiger partial charge in [-0.15, -0.1) is 0 Å². The molecule has 2 aromatic heterocycles. The van der Waals surface area contributed by atoms with Gasteiger partial charge in [-0.2, -0.15) is 0 Å². The fraction of sp³-hybridized carbons (Fsp3) is 0.280. The topological polar surface area (TPSA) is 103 Å². The first kappa shape index (κ1) is 24.5. The maximum atomic E-state index is 13.3. The molecule has 0 saturated carbocycles. The van der Waals surface area contributed by atoms with E-state index in [4.69, 9.17) is 4.74 Å². The molecule has 2 amide bonds. The number of thioether (sulfide) groups is 1. The molecule has 35 heavy (non-hydrogen) atoms. The van der Waals surface area contributed by atoms with Gasteiger partial charge in [-0.25, -0.2) is 9.97 Å². The van der Waals surface area contributed by atoms with Gasteiger partial charge in [0.05, 0.1) is 22.9 Å². The number of imidazole rings is 2. The van der Waals surface area contributed by atoms with Crippen molar-refractivity contribution >= 4 is 40.3 Å². The van der Waals surface area contributed by atoms with Crippen LogP contribution in [0.2, 0.25) is 0 Å². The van der Waals surface area contributed by atoms with Crippen LogP contribution in [0.1, 0.15) is 15.9 Å². The van der Waals surface area contributed by atoms with Gasteiger partial charge in [-0.1, -0.05) is 42.1 Å². The highest BCUT2D eigenvalue weighted by molar-refractivity contribution is 7.99. The number of hydrogen-bond donors (Lipinski definition) is 2. The summed E-state index contributed by atoms with van der Waals surface area (Å²) in [5.41, 5.74) is 3.54. The smallest absolute Gasteiger partial charge is 0.253 e. The summed E-state index contributed by atoms with van der Waals surface area (Å²) < 4.78 is 8.83. The van der Waals surface area contributed by atoms with Gasteiger partial charge < -0.3 is 24.5 Å². The van der Waals surface area contributed by atoms with Crippen LogP contribution in [0.3, 0.4) is 0 Å². The Morgan fingerprint density at radius 2 is 1.97 bits per heavy atom. The Balaban J connectivity index is 1.54. The second-order valence-electron chi connectivity index (χ2n) is 7.97. The molecule has 0 spiro atoms. The van der Waals surface area contributed by atoms with Crippen LogP contribution in [-0.4, -0.2) is 56.9 Å².